The Hall–Kier alpha value is -0.900. The maximum Gasteiger partial charge on any atom is 0.189 e. The molecule has 0 radical (unpaired) electrons. The SMILES string of the molecule is CCN1CCCC1CNC(N)=NCc1cnn(C)n1.I. The first kappa shape index (κ1) is 17.2. The van der Waals surface area contributed by atoms with Crippen LogP contribution in [-0.2, 0) is 13.6 Å². The molecule has 20 heavy (non-hydrogen) atoms. The number of nitrogens with two attached hydrogens (primary N) is 1. The van der Waals surface area contributed by atoms with Crippen LogP contribution >= 0.6 is 24.0 Å². The lowest BCUT2D eigenvalue weighted by atomic mass is 10.2. The topological polar surface area (TPSA) is 84.4 Å². The number of nitrogens with zero attached hydrogens (tertiary/aromatic N) is 5. The molecule has 0 bridgehead atoms. The van der Waals surface area contributed by atoms with Crippen molar-refractivity contribution in [2.24, 2.45) is 17.8 Å². The van der Waals surface area contributed by atoms with E-state index in [1.807, 2.05) is 0 Å². The van der Waals surface area contributed by atoms with E-state index in [2.05, 4.69) is 32.3 Å². The molecule has 0 spiro atoms. The van der Waals surface area contributed by atoms with Crippen molar-refractivity contribution in [3.63, 3.8) is 0 Å². The summed E-state index contributed by atoms with van der Waals surface area (Å²) in [7, 11) is 1.79. The van der Waals surface area contributed by atoms with Crippen molar-refractivity contribution < 1.29 is 0 Å². The Bertz CT molecular complexity index is 431. The van der Waals surface area contributed by atoms with Gasteiger partial charge in [-0.1, -0.05) is 6.92 Å². The smallest absolute Gasteiger partial charge is 0.189 e. The zero-order chi connectivity index (χ0) is 13.7. The highest BCUT2D eigenvalue weighted by molar-refractivity contribution is 14.0. The molecule has 1 aromatic heterocycles. The van der Waals surface area contributed by atoms with Gasteiger partial charge in [0.15, 0.2) is 5.96 Å². The maximum atomic E-state index is 5.86. The van der Waals surface area contributed by atoms with Crippen molar-refractivity contribution in [2.45, 2.75) is 32.4 Å². The predicted octanol–water partition coefficient (Wildman–Crippen LogP) is 0.322. The molecule has 0 amide bonds. The van der Waals surface area contributed by atoms with E-state index in [1.54, 1.807) is 13.2 Å². The number of aromatic nitrogens is 3. The average Bonchev–Trinajstić information content (AvgIpc) is 3.02. The van der Waals surface area contributed by atoms with Crippen LogP contribution in [0.1, 0.15) is 25.5 Å². The van der Waals surface area contributed by atoms with Gasteiger partial charge in [-0.15, -0.1) is 24.0 Å². The molecular formula is C12H24IN7. The van der Waals surface area contributed by atoms with E-state index in [4.69, 9.17) is 5.73 Å². The number of hydrogen-bond donors (Lipinski definition) is 2. The first-order valence-corrected chi connectivity index (χ1v) is 6.82. The lowest BCUT2D eigenvalue weighted by Crippen LogP contribution is -2.42. The first-order valence-electron chi connectivity index (χ1n) is 6.82. The van der Waals surface area contributed by atoms with Crippen LogP contribution in [0.3, 0.4) is 0 Å². The van der Waals surface area contributed by atoms with E-state index in [0.717, 1.165) is 18.8 Å². The Kier molecular flexibility index (Phi) is 7.20. The van der Waals surface area contributed by atoms with Crippen molar-refractivity contribution in [1.82, 2.24) is 25.2 Å². The fourth-order valence-electron chi connectivity index (χ4n) is 2.45. The lowest BCUT2D eigenvalue weighted by Gasteiger charge is -2.23. The van der Waals surface area contributed by atoms with Crippen molar-refractivity contribution in [3.8, 4) is 0 Å². The number of aryl methyl sites for hydroxylation is 1. The summed E-state index contributed by atoms with van der Waals surface area (Å²) in [6, 6.07) is 0.579. The molecule has 8 heteroatoms. The Labute approximate surface area is 137 Å². The van der Waals surface area contributed by atoms with E-state index in [9.17, 15) is 0 Å². The molecule has 1 aliphatic rings. The van der Waals surface area contributed by atoms with Crippen LogP contribution in [-0.4, -0.2) is 51.5 Å². The molecule has 2 rings (SSSR count). The van der Waals surface area contributed by atoms with Crippen molar-refractivity contribution in [2.75, 3.05) is 19.6 Å². The summed E-state index contributed by atoms with van der Waals surface area (Å²) < 4.78 is 0. The standard InChI is InChI=1S/C12H23N7.HI/c1-3-19-6-4-5-11(19)9-15-12(13)14-7-10-8-16-18(2)17-10;/h8,11H,3-7,9H2,1-2H3,(H3,13,14,15);1H. The fourth-order valence-corrected chi connectivity index (χ4v) is 2.45. The van der Waals surface area contributed by atoms with E-state index in [1.165, 1.54) is 24.2 Å². The highest BCUT2D eigenvalue weighted by Crippen LogP contribution is 2.15. The predicted molar refractivity (Wildman–Crippen MR) is 90.0 cm³/mol. The Morgan fingerprint density at radius 1 is 1.60 bits per heavy atom. The zero-order valence-corrected chi connectivity index (χ0v) is 14.4. The third-order valence-electron chi connectivity index (χ3n) is 3.48. The van der Waals surface area contributed by atoms with E-state index in [0.29, 0.717) is 18.5 Å². The molecule has 0 aromatic carbocycles. The monoisotopic (exact) mass is 393 g/mol. The summed E-state index contributed by atoms with van der Waals surface area (Å²) in [5.41, 5.74) is 6.68. The van der Waals surface area contributed by atoms with Gasteiger partial charge in [0.05, 0.1) is 12.7 Å². The minimum Gasteiger partial charge on any atom is -0.370 e. The van der Waals surface area contributed by atoms with E-state index < -0.39 is 0 Å². The van der Waals surface area contributed by atoms with Gasteiger partial charge in [0.25, 0.3) is 0 Å². The van der Waals surface area contributed by atoms with Gasteiger partial charge in [0, 0.05) is 19.6 Å². The number of halogens is 1. The average molecular weight is 393 g/mol. The van der Waals surface area contributed by atoms with Gasteiger partial charge in [-0.25, -0.2) is 4.99 Å². The third-order valence-corrected chi connectivity index (χ3v) is 3.48. The maximum absolute atomic E-state index is 5.86. The number of rotatable bonds is 5. The van der Waals surface area contributed by atoms with Gasteiger partial charge in [0.2, 0.25) is 0 Å². The van der Waals surface area contributed by atoms with Crippen LogP contribution in [0.5, 0.6) is 0 Å². The summed E-state index contributed by atoms with van der Waals surface area (Å²) in [4.78, 5) is 8.26. The van der Waals surface area contributed by atoms with Gasteiger partial charge in [-0.3, -0.25) is 4.90 Å². The molecule has 114 valence electrons. The Balaban J connectivity index is 0.00000200. The van der Waals surface area contributed by atoms with E-state index >= 15 is 0 Å². The van der Waals surface area contributed by atoms with Gasteiger partial charge in [-0.05, 0) is 25.9 Å². The second-order valence-corrected chi connectivity index (χ2v) is 4.83. The summed E-state index contributed by atoms with van der Waals surface area (Å²) in [5.74, 6) is 0.480. The largest absolute Gasteiger partial charge is 0.370 e. The lowest BCUT2D eigenvalue weighted by molar-refractivity contribution is 0.267. The normalized spacial score (nSPS) is 19.9. The molecule has 1 atom stereocenters. The molecule has 1 saturated heterocycles. The van der Waals surface area contributed by atoms with Crippen LogP contribution in [0.2, 0.25) is 0 Å². The fraction of sp³-hybridized carbons (Fsp3) is 0.750. The molecule has 7 nitrogen and oxygen atoms in total. The van der Waals surface area contributed by atoms with Crippen molar-refractivity contribution >= 4 is 29.9 Å². The minimum absolute atomic E-state index is 0. The minimum atomic E-state index is 0. The zero-order valence-electron chi connectivity index (χ0n) is 12.1. The summed E-state index contributed by atoms with van der Waals surface area (Å²) >= 11 is 0. The number of guanidine groups is 1. The second kappa shape index (κ2) is 8.40. The summed E-state index contributed by atoms with van der Waals surface area (Å²) in [5, 5.41) is 11.3. The number of aliphatic imine (C=N–C) groups is 1. The molecule has 1 fully saturated rings. The quantitative estimate of drug-likeness (QED) is 0.428. The molecule has 0 aliphatic carbocycles. The van der Waals surface area contributed by atoms with Crippen molar-refractivity contribution in [3.05, 3.63) is 11.9 Å². The summed E-state index contributed by atoms with van der Waals surface area (Å²) in [6.07, 6.45) is 4.21. The molecular weight excluding hydrogens is 369 g/mol. The van der Waals surface area contributed by atoms with Crippen LogP contribution in [0, 0.1) is 0 Å². The number of hydrogen-bond acceptors (Lipinski definition) is 4. The summed E-state index contributed by atoms with van der Waals surface area (Å²) in [6.45, 7) is 5.82. The number of likely N-dealkylation sites (N-methyl/N-ethyl adjacent to an activating group) is 1. The van der Waals surface area contributed by atoms with Crippen LogP contribution < -0.4 is 11.1 Å². The van der Waals surface area contributed by atoms with Gasteiger partial charge in [0.1, 0.15) is 5.69 Å². The Morgan fingerprint density at radius 2 is 2.40 bits per heavy atom. The number of likely N-dealkylation sites (tertiary alicyclic amines) is 1. The molecule has 1 aliphatic heterocycles. The second-order valence-electron chi connectivity index (χ2n) is 4.83. The molecule has 3 N–H and O–H groups in total. The van der Waals surface area contributed by atoms with Crippen LogP contribution in [0.4, 0.5) is 0 Å². The van der Waals surface area contributed by atoms with Gasteiger partial charge in [-0.2, -0.15) is 15.0 Å². The van der Waals surface area contributed by atoms with Gasteiger partial charge < -0.3 is 11.1 Å². The van der Waals surface area contributed by atoms with E-state index in [-0.39, 0.29) is 24.0 Å². The molecule has 1 unspecified atom stereocenters. The Morgan fingerprint density at radius 3 is 3.05 bits per heavy atom. The van der Waals surface area contributed by atoms with Crippen LogP contribution in [0.15, 0.2) is 11.2 Å². The van der Waals surface area contributed by atoms with Gasteiger partial charge >= 0.3 is 0 Å². The molecule has 0 saturated carbocycles. The van der Waals surface area contributed by atoms with Crippen LogP contribution in [0.25, 0.3) is 0 Å². The molecule has 2 heterocycles. The molecule has 1 aromatic rings. The highest BCUT2D eigenvalue weighted by atomic mass is 127. The first-order chi connectivity index (χ1) is 9.19. The number of nitrogens with one attached hydrogen (secondary N) is 1. The highest BCUT2D eigenvalue weighted by Gasteiger charge is 2.22. The third kappa shape index (κ3) is 4.89. The van der Waals surface area contributed by atoms with Crippen molar-refractivity contribution in [1.29, 1.82) is 0 Å².